The molecule has 0 bridgehead atoms. The van der Waals surface area contributed by atoms with Crippen LogP contribution >= 0.6 is 11.6 Å². The number of nitrogens with one attached hydrogen (secondary N) is 2. The molecular formula is C25H29ClN2O6S. The van der Waals surface area contributed by atoms with Crippen molar-refractivity contribution in [1.82, 2.24) is 5.32 Å². The second-order valence-electron chi connectivity index (χ2n) is 8.18. The first-order valence-electron chi connectivity index (χ1n) is 10.9. The van der Waals surface area contributed by atoms with Gasteiger partial charge in [0, 0.05) is 13.1 Å². The molecule has 188 valence electrons. The molecule has 35 heavy (non-hydrogen) atoms. The van der Waals surface area contributed by atoms with Crippen molar-refractivity contribution in [2.75, 3.05) is 30.7 Å². The lowest BCUT2D eigenvalue weighted by molar-refractivity contribution is 0.172. The Bertz CT molecular complexity index is 1240. The van der Waals surface area contributed by atoms with Gasteiger partial charge < -0.3 is 25.4 Å². The van der Waals surface area contributed by atoms with E-state index >= 15 is 0 Å². The number of hydrogen-bond donors (Lipinski definition) is 5. The lowest BCUT2D eigenvalue weighted by Gasteiger charge is -2.16. The van der Waals surface area contributed by atoms with E-state index in [1.54, 1.807) is 0 Å². The summed E-state index contributed by atoms with van der Waals surface area (Å²) in [4.78, 5) is 0. The third-order valence-corrected chi connectivity index (χ3v) is 6.13. The number of aliphatic hydroxyl groups excluding tert-OH is 2. The molecule has 0 aromatic heterocycles. The van der Waals surface area contributed by atoms with E-state index in [1.807, 2.05) is 43.3 Å². The highest BCUT2D eigenvalue weighted by molar-refractivity contribution is 7.92. The molecule has 0 aliphatic rings. The van der Waals surface area contributed by atoms with E-state index in [4.69, 9.17) is 16.3 Å². The van der Waals surface area contributed by atoms with E-state index < -0.39 is 16.1 Å². The van der Waals surface area contributed by atoms with Crippen molar-refractivity contribution < 1.29 is 28.5 Å². The Morgan fingerprint density at radius 1 is 1.06 bits per heavy atom. The molecule has 3 aromatic rings. The number of phenols is 1. The molecule has 3 rings (SSSR count). The SMILES string of the molecule is Cc1cc(-c2ccc(CO)cc2)cc(Cl)c1OCCNC[C@H](O)c1ccc(O)c(NS(C)(=O)=O)c1. The minimum Gasteiger partial charge on any atom is -0.506 e. The van der Waals surface area contributed by atoms with Gasteiger partial charge in [-0.2, -0.15) is 0 Å². The number of rotatable bonds is 11. The number of aryl methyl sites for hydroxylation is 1. The average molecular weight is 521 g/mol. The highest BCUT2D eigenvalue weighted by Crippen LogP contribution is 2.34. The average Bonchev–Trinajstić information content (AvgIpc) is 2.80. The molecule has 0 aliphatic heterocycles. The van der Waals surface area contributed by atoms with Gasteiger partial charge in [0.25, 0.3) is 0 Å². The first-order chi connectivity index (χ1) is 16.6. The van der Waals surface area contributed by atoms with E-state index in [2.05, 4.69) is 10.0 Å². The highest BCUT2D eigenvalue weighted by atomic mass is 35.5. The number of benzene rings is 3. The number of aliphatic hydroxyl groups is 2. The molecule has 0 spiro atoms. The molecule has 0 saturated carbocycles. The Balaban J connectivity index is 1.53. The maximum absolute atomic E-state index is 11.4. The number of ether oxygens (including phenoxy) is 1. The molecule has 0 aliphatic carbocycles. The van der Waals surface area contributed by atoms with Crippen molar-refractivity contribution in [3.8, 4) is 22.6 Å². The predicted octanol–water partition coefficient (Wildman–Crippen LogP) is 3.59. The molecule has 0 heterocycles. The maximum Gasteiger partial charge on any atom is 0.229 e. The molecule has 0 unspecified atom stereocenters. The second-order valence-corrected chi connectivity index (χ2v) is 10.3. The van der Waals surface area contributed by atoms with Crippen molar-refractivity contribution in [1.29, 1.82) is 0 Å². The van der Waals surface area contributed by atoms with Crippen LogP contribution in [0.3, 0.4) is 0 Å². The van der Waals surface area contributed by atoms with Crippen molar-refractivity contribution in [2.45, 2.75) is 19.6 Å². The molecule has 1 atom stereocenters. The third kappa shape index (κ3) is 7.58. The summed E-state index contributed by atoms with van der Waals surface area (Å²) < 4.78 is 30.9. The van der Waals surface area contributed by atoms with Crippen LogP contribution in [-0.2, 0) is 16.6 Å². The van der Waals surface area contributed by atoms with Crippen molar-refractivity contribution >= 4 is 27.3 Å². The fraction of sp³-hybridized carbons (Fsp3) is 0.280. The van der Waals surface area contributed by atoms with E-state index in [9.17, 15) is 23.7 Å². The lowest BCUT2D eigenvalue weighted by atomic mass is 10.0. The Labute approximate surface area is 210 Å². The fourth-order valence-corrected chi connectivity index (χ4v) is 4.39. The summed E-state index contributed by atoms with van der Waals surface area (Å²) in [5, 5.41) is 33.0. The predicted molar refractivity (Wildman–Crippen MR) is 137 cm³/mol. The van der Waals surface area contributed by atoms with E-state index in [-0.39, 0.29) is 24.6 Å². The normalized spacial score (nSPS) is 12.4. The Hall–Kier alpha value is -2.82. The summed E-state index contributed by atoms with van der Waals surface area (Å²) in [7, 11) is -3.57. The summed E-state index contributed by atoms with van der Waals surface area (Å²) in [6.07, 6.45) is 0.0611. The number of hydrogen-bond acceptors (Lipinski definition) is 7. The van der Waals surface area contributed by atoms with Gasteiger partial charge in [-0.15, -0.1) is 0 Å². The third-order valence-electron chi connectivity index (χ3n) is 5.26. The van der Waals surface area contributed by atoms with Gasteiger partial charge >= 0.3 is 0 Å². The quantitative estimate of drug-likeness (QED) is 0.193. The summed E-state index contributed by atoms with van der Waals surface area (Å²) in [5.41, 5.74) is 4.11. The summed E-state index contributed by atoms with van der Waals surface area (Å²) in [6, 6.07) is 15.6. The van der Waals surface area contributed by atoms with Gasteiger partial charge in [0.2, 0.25) is 10.0 Å². The minimum absolute atomic E-state index is 0.00490. The van der Waals surface area contributed by atoms with Gasteiger partial charge in [-0.25, -0.2) is 8.42 Å². The van der Waals surface area contributed by atoms with Crippen LogP contribution in [0, 0.1) is 6.92 Å². The van der Waals surface area contributed by atoms with Crippen LogP contribution in [0.5, 0.6) is 11.5 Å². The Kier molecular flexibility index (Phi) is 8.98. The van der Waals surface area contributed by atoms with E-state index in [0.717, 1.165) is 28.5 Å². The summed E-state index contributed by atoms with van der Waals surface area (Å²) in [5.74, 6) is 0.355. The molecule has 0 saturated heterocycles. The highest BCUT2D eigenvalue weighted by Gasteiger charge is 2.13. The van der Waals surface area contributed by atoms with E-state index in [1.165, 1.54) is 18.2 Å². The van der Waals surface area contributed by atoms with Crippen LogP contribution in [0.25, 0.3) is 11.1 Å². The summed E-state index contributed by atoms with van der Waals surface area (Å²) >= 11 is 6.47. The van der Waals surface area contributed by atoms with E-state index in [0.29, 0.717) is 29.5 Å². The molecule has 10 heteroatoms. The molecular weight excluding hydrogens is 492 g/mol. The minimum atomic E-state index is -3.57. The molecule has 5 N–H and O–H groups in total. The number of aromatic hydroxyl groups is 1. The molecule has 0 radical (unpaired) electrons. The number of phenolic OH excluding ortho intramolecular Hbond substituents is 1. The molecule has 0 amide bonds. The van der Waals surface area contributed by atoms with Gasteiger partial charge in [0.1, 0.15) is 18.1 Å². The molecule has 8 nitrogen and oxygen atoms in total. The van der Waals surface area contributed by atoms with Gasteiger partial charge in [-0.3, -0.25) is 4.72 Å². The first-order valence-corrected chi connectivity index (χ1v) is 13.2. The van der Waals surface area contributed by atoms with Crippen molar-refractivity contribution in [3.05, 3.63) is 76.3 Å². The van der Waals surface area contributed by atoms with Crippen LogP contribution in [0.4, 0.5) is 5.69 Å². The second kappa shape index (κ2) is 11.7. The van der Waals surface area contributed by atoms with Gasteiger partial charge in [0.15, 0.2) is 0 Å². The zero-order valence-corrected chi connectivity index (χ0v) is 21.0. The number of halogens is 1. The van der Waals surface area contributed by atoms with Crippen molar-refractivity contribution in [3.63, 3.8) is 0 Å². The van der Waals surface area contributed by atoms with Gasteiger partial charge in [0.05, 0.1) is 29.7 Å². The standard InChI is InChI=1S/C25H29ClN2O6S/c1-16-11-20(18-5-3-17(15-29)4-6-18)12-21(26)25(16)34-10-9-27-14-24(31)19-7-8-23(30)22(13-19)28-35(2,32)33/h3-8,11-13,24,27-31H,9-10,14-15H2,1-2H3/t24-/m0/s1. The first kappa shape index (κ1) is 26.8. The zero-order chi connectivity index (χ0) is 25.6. The van der Waals surface area contributed by atoms with Gasteiger partial charge in [-0.1, -0.05) is 41.9 Å². The Morgan fingerprint density at radius 2 is 1.77 bits per heavy atom. The number of anilines is 1. The smallest absolute Gasteiger partial charge is 0.229 e. The maximum atomic E-state index is 11.4. The topological polar surface area (TPSA) is 128 Å². The molecule has 3 aromatic carbocycles. The van der Waals surface area contributed by atoms with Crippen LogP contribution in [0.15, 0.2) is 54.6 Å². The van der Waals surface area contributed by atoms with Crippen LogP contribution in [0.2, 0.25) is 5.02 Å². The molecule has 0 fully saturated rings. The van der Waals surface area contributed by atoms with Crippen LogP contribution < -0.4 is 14.8 Å². The zero-order valence-electron chi connectivity index (χ0n) is 19.5. The van der Waals surface area contributed by atoms with Crippen molar-refractivity contribution in [2.24, 2.45) is 0 Å². The number of sulfonamides is 1. The Morgan fingerprint density at radius 3 is 2.40 bits per heavy atom. The lowest BCUT2D eigenvalue weighted by Crippen LogP contribution is -2.26. The van der Waals surface area contributed by atoms with Gasteiger partial charge in [-0.05, 0) is 59.0 Å². The largest absolute Gasteiger partial charge is 0.506 e. The fourth-order valence-electron chi connectivity index (χ4n) is 3.51. The van der Waals surface area contributed by atoms with Crippen LogP contribution in [0.1, 0.15) is 22.8 Å². The summed E-state index contributed by atoms with van der Waals surface area (Å²) in [6.45, 7) is 2.85. The monoisotopic (exact) mass is 520 g/mol. The van der Waals surface area contributed by atoms with Crippen LogP contribution in [-0.4, -0.2) is 49.7 Å².